The van der Waals surface area contributed by atoms with E-state index in [1.165, 1.54) is 25.5 Å². The Morgan fingerprint density at radius 3 is 2.89 bits per heavy atom. The molecule has 2 rings (SSSR count). The molecule has 0 radical (unpaired) electrons. The summed E-state index contributed by atoms with van der Waals surface area (Å²) in [7, 11) is 1.58. The lowest BCUT2D eigenvalue weighted by Gasteiger charge is -2.15. The molecule has 0 saturated heterocycles. The minimum absolute atomic E-state index is 0.0422. The third-order valence-corrected chi connectivity index (χ3v) is 3.23. The lowest BCUT2D eigenvalue weighted by atomic mass is 10.1. The third kappa shape index (κ3) is 2.24. The van der Waals surface area contributed by atoms with Crippen LogP contribution in [0.15, 0.2) is 18.6 Å². The second kappa shape index (κ2) is 4.81. The largest absolute Gasteiger partial charge is 0.384 e. The van der Waals surface area contributed by atoms with Crippen molar-refractivity contribution in [1.82, 2.24) is 15.3 Å². The number of rotatable bonds is 5. The molecule has 0 spiro atoms. The van der Waals surface area contributed by atoms with Crippen LogP contribution in [-0.4, -0.2) is 40.9 Å². The molecule has 1 saturated carbocycles. The highest BCUT2D eigenvalue weighted by Gasteiger charge is 2.59. The SMILES string of the molecule is COCC1CC1(NC(=O)c1cnccn1)C(C)=O. The van der Waals surface area contributed by atoms with Crippen LogP contribution < -0.4 is 5.32 Å². The number of ether oxygens (including phenoxy) is 1. The summed E-state index contributed by atoms with van der Waals surface area (Å²) in [5.41, 5.74) is -0.578. The Hall–Kier alpha value is -1.82. The van der Waals surface area contributed by atoms with Crippen LogP contribution in [0, 0.1) is 5.92 Å². The highest BCUT2D eigenvalue weighted by molar-refractivity contribution is 5.99. The maximum atomic E-state index is 11.9. The number of amides is 1. The predicted octanol–water partition coefficient (Wildman–Crippen LogP) is 0.200. The van der Waals surface area contributed by atoms with Crippen molar-refractivity contribution in [3.8, 4) is 0 Å². The van der Waals surface area contributed by atoms with Crippen LogP contribution in [0.3, 0.4) is 0 Å². The van der Waals surface area contributed by atoms with Gasteiger partial charge < -0.3 is 10.1 Å². The molecule has 1 aliphatic rings. The van der Waals surface area contributed by atoms with E-state index in [2.05, 4.69) is 15.3 Å². The maximum Gasteiger partial charge on any atom is 0.272 e. The van der Waals surface area contributed by atoms with E-state index in [0.717, 1.165) is 0 Å². The van der Waals surface area contributed by atoms with E-state index in [1.807, 2.05) is 0 Å². The van der Waals surface area contributed by atoms with Gasteiger partial charge in [0.1, 0.15) is 11.2 Å². The quantitative estimate of drug-likeness (QED) is 0.806. The Kier molecular flexibility index (Phi) is 3.38. The van der Waals surface area contributed by atoms with Gasteiger partial charge in [-0.1, -0.05) is 0 Å². The minimum atomic E-state index is -0.787. The number of hydrogen-bond acceptors (Lipinski definition) is 5. The van der Waals surface area contributed by atoms with Gasteiger partial charge in [0.05, 0.1) is 12.8 Å². The zero-order chi connectivity index (χ0) is 13.2. The minimum Gasteiger partial charge on any atom is -0.384 e. The van der Waals surface area contributed by atoms with E-state index in [1.54, 1.807) is 7.11 Å². The van der Waals surface area contributed by atoms with Gasteiger partial charge >= 0.3 is 0 Å². The van der Waals surface area contributed by atoms with Crippen LogP contribution in [0.2, 0.25) is 0 Å². The van der Waals surface area contributed by atoms with Crippen molar-refractivity contribution in [3.05, 3.63) is 24.3 Å². The Balaban J connectivity index is 2.08. The van der Waals surface area contributed by atoms with Crippen LogP contribution >= 0.6 is 0 Å². The average Bonchev–Trinajstić information content (AvgIpc) is 3.05. The zero-order valence-electron chi connectivity index (χ0n) is 10.3. The van der Waals surface area contributed by atoms with Gasteiger partial charge in [0.25, 0.3) is 5.91 Å². The standard InChI is InChI=1S/C12H15N3O3/c1-8(16)12(5-9(12)7-18-2)15-11(17)10-6-13-3-4-14-10/h3-4,6,9H,5,7H2,1-2H3,(H,15,17). The number of carbonyl (C=O) groups excluding carboxylic acids is 2. The lowest BCUT2D eigenvalue weighted by molar-refractivity contribution is -0.120. The number of nitrogens with zero attached hydrogens (tertiary/aromatic N) is 2. The molecule has 1 N–H and O–H groups in total. The molecule has 18 heavy (non-hydrogen) atoms. The van der Waals surface area contributed by atoms with Gasteiger partial charge in [0.2, 0.25) is 0 Å². The zero-order valence-corrected chi connectivity index (χ0v) is 10.3. The number of hydrogen-bond donors (Lipinski definition) is 1. The summed E-state index contributed by atoms with van der Waals surface area (Å²) in [6.45, 7) is 1.94. The smallest absolute Gasteiger partial charge is 0.272 e. The molecule has 1 aliphatic carbocycles. The van der Waals surface area contributed by atoms with Crippen molar-refractivity contribution in [2.45, 2.75) is 18.9 Å². The molecule has 6 heteroatoms. The average molecular weight is 249 g/mol. The second-order valence-corrected chi connectivity index (χ2v) is 4.43. The van der Waals surface area contributed by atoms with Crippen molar-refractivity contribution in [2.75, 3.05) is 13.7 Å². The molecule has 1 heterocycles. The lowest BCUT2D eigenvalue weighted by Crippen LogP contribution is -2.44. The first-order valence-electron chi connectivity index (χ1n) is 5.68. The molecule has 6 nitrogen and oxygen atoms in total. The number of carbonyl (C=O) groups is 2. The second-order valence-electron chi connectivity index (χ2n) is 4.43. The molecule has 0 aromatic carbocycles. The molecular formula is C12H15N3O3. The Morgan fingerprint density at radius 2 is 2.33 bits per heavy atom. The van der Waals surface area contributed by atoms with Crippen molar-refractivity contribution in [1.29, 1.82) is 0 Å². The highest BCUT2D eigenvalue weighted by atomic mass is 16.5. The van der Waals surface area contributed by atoms with Crippen molar-refractivity contribution >= 4 is 11.7 Å². The predicted molar refractivity (Wildman–Crippen MR) is 62.9 cm³/mol. The highest BCUT2D eigenvalue weighted by Crippen LogP contribution is 2.44. The van der Waals surface area contributed by atoms with Gasteiger partial charge in [0.15, 0.2) is 5.78 Å². The van der Waals surface area contributed by atoms with Crippen LogP contribution in [0.25, 0.3) is 0 Å². The fourth-order valence-corrected chi connectivity index (χ4v) is 2.09. The maximum absolute atomic E-state index is 11.9. The molecule has 0 bridgehead atoms. The van der Waals surface area contributed by atoms with Gasteiger partial charge in [-0.3, -0.25) is 14.6 Å². The van der Waals surface area contributed by atoms with E-state index < -0.39 is 5.54 Å². The first-order chi connectivity index (χ1) is 8.60. The molecule has 96 valence electrons. The van der Waals surface area contributed by atoms with Gasteiger partial charge in [-0.2, -0.15) is 0 Å². The summed E-state index contributed by atoms with van der Waals surface area (Å²) in [5.74, 6) is -0.390. The topological polar surface area (TPSA) is 81.2 Å². The van der Waals surface area contributed by atoms with E-state index in [0.29, 0.717) is 13.0 Å². The summed E-state index contributed by atoms with van der Waals surface area (Å²) >= 11 is 0. The monoisotopic (exact) mass is 249 g/mol. The van der Waals surface area contributed by atoms with E-state index in [9.17, 15) is 9.59 Å². The summed E-state index contributed by atoms with van der Waals surface area (Å²) in [4.78, 5) is 31.3. The van der Waals surface area contributed by atoms with Crippen LogP contribution in [0.1, 0.15) is 23.8 Å². The molecule has 2 atom stereocenters. The number of aromatic nitrogens is 2. The van der Waals surface area contributed by atoms with E-state index in [4.69, 9.17) is 4.74 Å². The number of nitrogens with one attached hydrogen (secondary N) is 1. The summed E-state index contributed by atoms with van der Waals surface area (Å²) < 4.78 is 5.03. The van der Waals surface area contributed by atoms with Crippen LogP contribution in [0.5, 0.6) is 0 Å². The molecule has 1 aromatic rings. The molecular weight excluding hydrogens is 234 g/mol. The van der Waals surface area contributed by atoms with Gasteiger partial charge in [-0.25, -0.2) is 4.98 Å². The molecule has 0 aliphatic heterocycles. The van der Waals surface area contributed by atoms with Gasteiger partial charge in [0, 0.05) is 25.4 Å². The summed E-state index contributed by atoms with van der Waals surface area (Å²) in [6, 6.07) is 0. The molecule has 1 fully saturated rings. The van der Waals surface area contributed by atoms with E-state index in [-0.39, 0.29) is 23.3 Å². The van der Waals surface area contributed by atoms with Crippen molar-refractivity contribution in [3.63, 3.8) is 0 Å². The number of ketones is 1. The fourth-order valence-electron chi connectivity index (χ4n) is 2.09. The Bertz CT molecular complexity index is 463. The number of methoxy groups -OCH3 is 1. The Labute approximate surface area is 105 Å². The van der Waals surface area contributed by atoms with Gasteiger partial charge in [-0.15, -0.1) is 0 Å². The van der Waals surface area contributed by atoms with Crippen molar-refractivity contribution in [2.24, 2.45) is 5.92 Å². The summed E-state index contributed by atoms with van der Waals surface area (Å²) in [6.07, 6.45) is 4.91. The molecule has 1 aromatic heterocycles. The van der Waals surface area contributed by atoms with Crippen LogP contribution in [0.4, 0.5) is 0 Å². The first kappa shape index (κ1) is 12.6. The number of Topliss-reactive ketones (excluding diaryl/α,β-unsaturated/α-hetero) is 1. The fraction of sp³-hybridized carbons (Fsp3) is 0.500. The third-order valence-electron chi connectivity index (χ3n) is 3.23. The van der Waals surface area contributed by atoms with Crippen LogP contribution in [-0.2, 0) is 9.53 Å². The Morgan fingerprint density at radius 1 is 1.56 bits per heavy atom. The van der Waals surface area contributed by atoms with Gasteiger partial charge in [-0.05, 0) is 13.3 Å². The summed E-state index contributed by atoms with van der Waals surface area (Å²) in [5, 5.41) is 2.75. The van der Waals surface area contributed by atoms with E-state index >= 15 is 0 Å². The van der Waals surface area contributed by atoms with Crippen molar-refractivity contribution < 1.29 is 14.3 Å². The normalized spacial score (nSPS) is 25.6. The molecule has 1 amide bonds. The first-order valence-corrected chi connectivity index (χ1v) is 5.68. The molecule has 2 unspecified atom stereocenters.